The van der Waals surface area contributed by atoms with Crippen LogP contribution in [0.3, 0.4) is 0 Å². The highest BCUT2D eigenvalue weighted by Crippen LogP contribution is 2.25. The van der Waals surface area contributed by atoms with Crippen molar-refractivity contribution in [3.05, 3.63) is 39.6 Å². The highest BCUT2D eigenvalue weighted by atomic mass is 79.9. The third-order valence-electron chi connectivity index (χ3n) is 2.39. The summed E-state index contributed by atoms with van der Waals surface area (Å²) in [6, 6.07) is 7.92. The van der Waals surface area contributed by atoms with Crippen molar-refractivity contribution in [2.24, 2.45) is 12.8 Å². The lowest BCUT2D eigenvalue weighted by Gasteiger charge is -2.02. The van der Waals surface area contributed by atoms with Gasteiger partial charge in [0.25, 0.3) is 0 Å². The zero-order chi connectivity index (χ0) is 11.7. The Hall–Kier alpha value is -0.840. The molecule has 0 aliphatic carbocycles. The van der Waals surface area contributed by atoms with Gasteiger partial charge in [-0.05, 0) is 12.1 Å². The van der Waals surface area contributed by atoms with E-state index in [0.29, 0.717) is 11.7 Å². The smallest absolute Gasteiger partial charge is 0.141 e. The van der Waals surface area contributed by atoms with Gasteiger partial charge in [0.2, 0.25) is 0 Å². The lowest BCUT2D eigenvalue weighted by atomic mass is 10.2. The fraction of sp³-hybridized carbons (Fsp3) is 0.182. The van der Waals surface area contributed by atoms with Gasteiger partial charge < -0.3 is 10.3 Å². The van der Waals surface area contributed by atoms with Gasteiger partial charge in [0.1, 0.15) is 11.0 Å². The maximum absolute atomic E-state index is 6.11. The van der Waals surface area contributed by atoms with Gasteiger partial charge in [0.15, 0.2) is 0 Å². The first-order valence-corrected chi connectivity index (χ1v) is 5.97. The molecule has 0 spiro atoms. The molecule has 0 bridgehead atoms. The predicted molar refractivity (Wildman–Crippen MR) is 69.2 cm³/mol. The van der Waals surface area contributed by atoms with Crippen molar-refractivity contribution in [1.29, 1.82) is 0 Å². The van der Waals surface area contributed by atoms with Crippen LogP contribution in [0.2, 0.25) is 5.15 Å². The Bertz CT molecular complexity index is 505. The molecular weight excluding hydrogens is 289 g/mol. The molecule has 0 aliphatic heterocycles. The molecule has 0 fully saturated rings. The first kappa shape index (κ1) is 11.6. The van der Waals surface area contributed by atoms with E-state index in [0.717, 1.165) is 21.6 Å². The van der Waals surface area contributed by atoms with E-state index in [1.54, 1.807) is 0 Å². The molecule has 3 nitrogen and oxygen atoms in total. The molecule has 0 atom stereocenters. The van der Waals surface area contributed by atoms with E-state index in [1.807, 2.05) is 35.9 Å². The average molecular weight is 301 g/mol. The van der Waals surface area contributed by atoms with Crippen LogP contribution in [0.1, 0.15) is 5.69 Å². The molecule has 1 heterocycles. The Labute approximate surface area is 107 Å². The molecule has 1 aromatic carbocycles. The Balaban J connectivity index is 2.52. The Morgan fingerprint density at radius 1 is 1.38 bits per heavy atom. The minimum absolute atomic E-state index is 0.350. The van der Waals surface area contributed by atoms with Crippen LogP contribution in [-0.4, -0.2) is 9.55 Å². The number of halogens is 2. The molecule has 0 saturated heterocycles. The monoisotopic (exact) mass is 299 g/mol. The van der Waals surface area contributed by atoms with Crippen LogP contribution in [0.15, 0.2) is 28.7 Å². The number of rotatable bonds is 2. The van der Waals surface area contributed by atoms with Crippen molar-refractivity contribution in [3.63, 3.8) is 0 Å². The largest absolute Gasteiger partial charge is 0.325 e. The number of imidazole rings is 1. The number of nitrogens with two attached hydrogens (primary N) is 1. The van der Waals surface area contributed by atoms with E-state index in [2.05, 4.69) is 20.9 Å². The van der Waals surface area contributed by atoms with Gasteiger partial charge in [-0.25, -0.2) is 4.98 Å². The predicted octanol–water partition coefficient (Wildman–Crippen LogP) is 2.96. The maximum Gasteiger partial charge on any atom is 0.141 e. The molecule has 0 unspecified atom stereocenters. The second kappa shape index (κ2) is 4.57. The van der Waals surface area contributed by atoms with Crippen LogP contribution >= 0.6 is 27.5 Å². The minimum Gasteiger partial charge on any atom is -0.325 e. The second-order valence-corrected chi connectivity index (χ2v) is 4.72. The highest BCUT2D eigenvalue weighted by molar-refractivity contribution is 9.10. The summed E-state index contributed by atoms with van der Waals surface area (Å²) in [5.41, 5.74) is 7.31. The summed E-state index contributed by atoms with van der Waals surface area (Å²) >= 11 is 9.50. The fourth-order valence-electron chi connectivity index (χ4n) is 1.52. The molecule has 2 rings (SSSR count). The molecule has 1 aromatic heterocycles. The first-order valence-electron chi connectivity index (χ1n) is 4.80. The fourth-order valence-corrected chi connectivity index (χ4v) is 1.99. The van der Waals surface area contributed by atoms with Crippen LogP contribution < -0.4 is 5.73 Å². The van der Waals surface area contributed by atoms with E-state index in [9.17, 15) is 0 Å². The molecule has 0 saturated carbocycles. The third-order valence-corrected chi connectivity index (χ3v) is 3.39. The number of aromatic nitrogens is 2. The van der Waals surface area contributed by atoms with Gasteiger partial charge in [0.05, 0.1) is 5.69 Å². The van der Waals surface area contributed by atoms with E-state index in [1.165, 1.54) is 0 Å². The maximum atomic E-state index is 6.11. The van der Waals surface area contributed by atoms with Gasteiger partial charge in [-0.1, -0.05) is 39.7 Å². The number of benzene rings is 1. The van der Waals surface area contributed by atoms with Gasteiger partial charge in [-0.2, -0.15) is 0 Å². The number of nitrogens with zero attached hydrogens (tertiary/aromatic N) is 2. The Morgan fingerprint density at radius 2 is 2.00 bits per heavy atom. The van der Waals surface area contributed by atoms with Crippen molar-refractivity contribution in [3.8, 4) is 11.4 Å². The molecule has 0 radical (unpaired) electrons. The van der Waals surface area contributed by atoms with Crippen LogP contribution in [-0.2, 0) is 13.6 Å². The van der Waals surface area contributed by atoms with Crippen molar-refractivity contribution in [1.82, 2.24) is 9.55 Å². The summed E-state index contributed by atoms with van der Waals surface area (Å²) in [4.78, 5) is 4.42. The summed E-state index contributed by atoms with van der Waals surface area (Å²) in [7, 11) is 1.88. The normalized spacial score (nSPS) is 10.8. The van der Waals surface area contributed by atoms with E-state index in [-0.39, 0.29) is 0 Å². The van der Waals surface area contributed by atoms with Crippen molar-refractivity contribution >= 4 is 27.5 Å². The van der Waals surface area contributed by atoms with Crippen molar-refractivity contribution in [2.75, 3.05) is 0 Å². The van der Waals surface area contributed by atoms with E-state index in [4.69, 9.17) is 17.3 Å². The molecule has 2 N–H and O–H groups in total. The molecule has 84 valence electrons. The molecule has 0 amide bonds. The lowest BCUT2D eigenvalue weighted by molar-refractivity contribution is 0.922. The Kier molecular flexibility index (Phi) is 3.33. The zero-order valence-corrected chi connectivity index (χ0v) is 11.1. The van der Waals surface area contributed by atoms with Crippen molar-refractivity contribution in [2.45, 2.75) is 6.54 Å². The minimum atomic E-state index is 0.350. The molecular formula is C11H11BrClN3. The molecule has 16 heavy (non-hydrogen) atoms. The summed E-state index contributed by atoms with van der Waals surface area (Å²) in [6.07, 6.45) is 0. The van der Waals surface area contributed by atoms with Crippen LogP contribution in [0.4, 0.5) is 0 Å². The molecule has 2 aromatic rings. The van der Waals surface area contributed by atoms with Gasteiger partial charge >= 0.3 is 0 Å². The van der Waals surface area contributed by atoms with E-state index >= 15 is 0 Å². The second-order valence-electron chi connectivity index (χ2n) is 3.44. The SMILES string of the molecule is Cn1c(-c2ccc(Br)cc2)nc(CN)c1Cl. The van der Waals surface area contributed by atoms with Crippen LogP contribution in [0.25, 0.3) is 11.4 Å². The number of hydrogen-bond donors (Lipinski definition) is 1. The summed E-state index contributed by atoms with van der Waals surface area (Å²) < 4.78 is 2.88. The van der Waals surface area contributed by atoms with Crippen molar-refractivity contribution < 1.29 is 0 Å². The molecule has 5 heteroatoms. The highest BCUT2D eigenvalue weighted by Gasteiger charge is 2.12. The van der Waals surface area contributed by atoms with E-state index < -0.39 is 0 Å². The standard InChI is InChI=1S/C11H11BrClN3/c1-16-10(13)9(6-14)15-11(16)7-2-4-8(12)5-3-7/h2-5H,6,14H2,1H3. The quantitative estimate of drug-likeness (QED) is 0.926. The lowest BCUT2D eigenvalue weighted by Crippen LogP contribution is -1.97. The Morgan fingerprint density at radius 3 is 2.50 bits per heavy atom. The van der Waals surface area contributed by atoms with Gasteiger partial charge in [-0.3, -0.25) is 0 Å². The topological polar surface area (TPSA) is 43.8 Å². The van der Waals surface area contributed by atoms with Crippen LogP contribution in [0.5, 0.6) is 0 Å². The third kappa shape index (κ3) is 2.00. The van der Waals surface area contributed by atoms with Gasteiger partial charge in [0, 0.05) is 23.6 Å². The average Bonchev–Trinajstić information content (AvgIpc) is 2.57. The summed E-state index contributed by atoms with van der Waals surface area (Å²) in [5, 5.41) is 0.598. The summed E-state index contributed by atoms with van der Waals surface area (Å²) in [6.45, 7) is 0.350. The molecule has 0 aliphatic rings. The van der Waals surface area contributed by atoms with Gasteiger partial charge in [-0.15, -0.1) is 0 Å². The first-order chi connectivity index (χ1) is 7.63. The number of hydrogen-bond acceptors (Lipinski definition) is 2. The zero-order valence-electron chi connectivity index (χ0n) is 8.74. The van der Waals surface area contributed by atoms with Crippen LogP contribution in [0, 0.1) is 0 Å². The summed E-state index contributed by atoms with van der Waals surface area (Å²) in [5.74, 6) is 0.831.